The maximum Gasteiger partial charge on any atom is 0.276 e. The summed E-state index contributed by atoms with van der Waals surface area (Å²) in [6, 6.07) is 7.74. The lowest BCUT2D eigenvalue weighted by molar-refractivity contribution is -0.122. The second-order valence-corrected chi connectivity index (χ2v) is 7.60. The Morgan fingerprint density at radius 1 is 1.29 bits per heavy atom. The summed E-state index contributed by atoms with van der Waals surface area (Å²) in [5, 5.41) is 9.18. The van der Waals surface area contributed by atoms with Gasteiger partial charge in [-0.3, -0.25) is 9.59 Å². The molecule has 0 aliphatic rings. The summed E-state index contributed by atoms with van der Waals surface area (Å²) in [5.74, 6) is -0.212. The van der Waals surface area contributed by atoms with Gasteiger partial charge >= 0.3 is 0 Å². The van der Waals surface area contributed by atoms with Gasteiger partial charge in [-0.25, -0.2) is 4.68 Å². The van der Waals surface area contributed by atoms with Gasteiger partial charge in [0, 0.05) is 34.4 Å². The second kappa shape index (κ2) is 8.19. The minimum Gasteiger partial charge on any atom is -0.352 e. The molecule has 0 radical (unpaired) electrons. The predicted molar refractivity (Wildman–Crippen MR) is 112 cm³/mol. The van der Waals surface area contributed by atoms with Crippen molar-refractivity contribution in [3.8, 4) is 0 Å². The van der Waals surface area contributed by atoms with Crippen molar-refractivity contribution in [3.05, 3.63) is 62.8 Å². The highest BCUT2D eigenvalue weighted by atomic mass is 35.5. The van der Waals surface area contributed by atoms with Crippen molar-refractivity contribution in [3.63, 3.8) is 0 Å². The predicted octanol–water partition coefficient (Wildman–Crippen LogP) is 3.43. The lowest BCUT2D eigenvalue weighted by atomic mass is 10.2. The summed E-state index contributed by atoms with van der Waals surface area (Å²) in [6.45, 7) is 8.35. The van der Waals surface area contributed by atoms with Crippen molar-refractivity contribution >= 4 is 28.3 Å². The van der Waals surface area contributed by atoms with Crippen molar-refractivity contribution in [2.45, 2.75) is 53.2 Å². The molecule has 3 rings (SSSR count). The monoisotopic (exact) mass is 400 g/mol. The largest absolute Gasteiger partial charge is 0.352 e. The Hall–Kier alpha value is -2.60. The Morgan fingerprint density at radius 2 is 2.04 bits per heavy atom. The van der Waals surface area contributed by atoms with Gasteiger partial charge < -0.3 is 9.88 Å². The van der Waals surface area contributed by atoms with Gasteiger partial charge in [-0.05, 0) is 44.9 Å². The number of halogens is 1. The van der Waals surface area contributed by atoms with E-state index in [1.54, 1.807) is 6.20 Å². The molecule has 0 spiro atoms. The van der Waals surface area contributed by atoms with Crippen LogP contribution < -0.4 is 10.9 Å². The van der Waals surface area contributed by atoms with Crippen molar-refractivity contribution in [1.29, 1.82) is 0 Å². The summed E-state index contributed by atoms with van der Waals surface area (Å²) < 4.78 is 3.32. The van der Waals surface area contributed by atoms with Gasteiger partial charge in [0.2, 0.25) is 5.91 Å². The van der Waals surface area contributed by atoms with E-state index < -0.39 is 0 Å². The molecule has 0 aliphatic carbocycles. The van der Waals surface area contributed by atoms with Crippen LogP contribution in [-0.4, -0.2) is 26.3 Å². The van der Waals surface area contributed by atoms with Gasteiger partial charge in [0.25, 0.3) is 5.56 Å². The molecule has 0 aliphatic heterocycles. The van der Waals surface area contributed by atoms with Crippen LogP contribution in [0.2, 0.25) is 5.02 Å². The van der Waals surface area contributed by atoms with Crippen LogP contribution >= 0.6 is 11.6 Å². The quantitative estimate of drug-likeness (QED) is 0.689. The number of carbonyl (C=O) groups is 1. The maximum atomic E-state index is 13.0. The number of nitrogens with one attached hydrogen (secondary N) is 1. The van der Waals surface area contributed by atoms with Crippen LogP contribution in [0.4, 0.5) is 0 Å². The van der Waals surface area contributed by atoms with E-state index in [4.69, 9.17) is 11.6 Å². The van der Waals surface area contributed by atoms with Crippen molar-refractivity contribution in [2.24, 2.45) is 0 Å². The van der Waals surface area contributed by atoms with Crippen molar-refractivity contribution in [2.75, 3.05) is 0 Å². The van der Waals surface area contributed by atoms with E-state index in [-0.39, 0.29) is 24.1 Å². The molecular weight excluding hydrogens is 376 g/mol. The molecule has 1 atom stereocenters. The third kappa shape index (κ3) is 3.97. The first-order valence-electron chi connectivity index (χ1n) is 9.41. The van der Waals surface area contributed by atoms with Crippen LogP contribution in [0.3, 0.4) is 0 Å². The number of rotatable bonds is 6. The standard InChI is InChI=1S/C21H25ClN4O2/c1-5-13(2)24-19(27)12-26-21(28)20-15(4)25(14(3)18(20)10-23-26)11-16-7-6-8-17(22)9-16/h6-10,13H,5,11-12H2,1-4H3,(H,24,27)/t13-/m0/s1. The molecule has 1 aromatic carbocycles. The van der Waals surface area contributed by atoms with E-state index in [0.717, 1.165) is 28.8 Å². The number of nitrogens with zero attached hydrogens (tertiary/aromatic N) is 3. The summed E-state index contributed by atoms with van der Waals surface area (Å²) in [5.41, 5.74) is 2.63. The SMILES string of the molecule is CC[C@H](C)NC(=O)Cn1ncc2c(C)n(Cc3cccc(Cl)c3)c(C)c2c1=O. The number of aromatic nitrogens is 3. The summed E-state index contributed by atoms with van der Waals surface area (Å²) >= 11 is 6.10. The minimum atomic E-state index is -0.248. The molecule has 2 heterocycles. The molecule has 0 unspecified atom stereocenters. The summed E-state index contributed by atoms with van der Waals surface area (Å²) in [7, 11) is 0. The fourth-order valence-electron chi connectivity index (χ4n) is 3.37. The average Bonchev–Trinajstić information content (AvgIpc) is 2.89. The van der Waals surface area contributed by atoms with Crippen LogP contribution in [0.25, 0.3) is 10.8 Å². The molecule has 0 saturated heterocycles. The summed E-state index contributed by atoms with van der Waals surface area (Å²) in [4.78, 5) is 25.2. The molecule has 0 fully saturated rings. The maximum absolute atomic E-state index is 13.0. The van der Waals surface area contributed by atoms with Gasteiger partial charge in [-0.2, -0.15) is 5.10 Å². The average molecular weight is 401 g/mol. The number of aryl methyl sites for hydroxylation is 2. The van der Waals surface area contributed by atoms with E-state index in [9.17, 15) is 9.59 Å². The third-order valence-corrected chi connectivity index (χ3v) is 5.38. The van der Waals surface area contributed by atoms with Crippen LogP contribution in [0.1, 0.15) is 37.2 Å². The number of carbonyl (C=O) groups excluding carboxylic acids is 1. The highest BCUT2D eigenvalue weighted by Crippen LogP contribution is 2.23. The van der Waals surface area contributed by atoms with E-state index in [0.29, 0.717) is 17.0 Å². The number of hydrogen-bond acceptors (Lipinski definition) is 3. The fourth-order valence-corrected chi connectivity index (χ4v) is 3.58. The minimum absolute atomic E-state index is 0.0645. The molecule has 148 valence electrons. The normalized spacial score (nSPS) is 12.3. The lowest BCUT2D eigenvalue weighted by Gasteiger charge is -2.11. The zero-order valence-corrected chi connectivity index (χ0v) is 17.4. The third-order valence-electron chi connectivity index (χ3n) is 5.15. The molecule has 1 N–H and O–H groups in total. The fraction of sp³-hybridized carbons (Fsp3) is 0.381. The Kier molecular flexibility index (Phi) is 5.89. The van der Waals surface area contributed by atoms with E-state index in [2.05, 4.69) is 15.0 Å². The van der Waals surface area contributed by atoms with Gasteiger partial charge in [0.05, 0.1) is 11.6 Å². The summed E-state index contributed by atoms with van der Waals surface area (Å²) in [6.07, 6.45) is 2.50. The van der Waals surface area contributed by atoms with Gasteiger partial charge in [0.15, 0.2) is 0 Å². The number of amides is 1. The highest BCUT2D eigenvalue weighted by Gasteiger charge is 2.18. The lowest BCUT2D eigenvalue weighted by Crippen LogP contribution is -2.37. The van der Waals surface area contributed by atoms with E-state index in [1.807, 2.05) is 52.0 Å². The molecule has 28 heavy (non-hydrogen) atoms. The van der Waals surface area contributed by atoms with Crippen LogP contribution in [0, 0.1) is 13.8 Å². The molecule has 6 nitrogen and oxygen atoms in total. The molecule has 0 saturated carbocycles. The first kappa shape index (κ1) is 20.1. The first-order chi connectivity index (χ1) is 13.3. The van der Waals surface area contributed by atoms with Gasteiger partial charge in [-0.15, -0.1) is 0 Å². The van der Waals surface area contributed by atoms with Crippen molar-refractivity contribution in [1.82, 2.24) is 19.7 Å². The van der Waals surface area contributed by atoms with Crippen LogP contribution in [-0.2, 0) is 17.9 Å². The Morgan fingerprint density at radius 3 is 2.71 bits per heavy atom. The molecule has 3 aromatic rings. The van der Waals surface area contributed by atoms with Crippen LogP contribution in [0.15, 0.2) is 35.3 Å². The molecular formula is C21H25ClN4O2. The number of benzene rings is 1. The van der Waals surface area contributed by atoms with Gasteiger partial charge in [-0.1, -0.05) is 30.7 Å². The smallest absolute Gasteiger partial charge is 0.276 e. The Labute approximate surface area is 169 Å². The number of fused-ring (bicyclic) bond motifs is 1. The molecule has 7 heteroatoms. The number of hydrogen-bond donors (Lipinski definition) is 1. The van der Waals surface area contributed by atoms with Crippen molar-refractivity contribution < 1.29 is 4.79 Å². The zero-order chi connectivity index (χ0) is 20.4. The zero-order valence-electron chi connectivity index (χ0n) is 16.6. The first-order valence-corrected chi connectivity index (χ1v) is 9.79. The van der Waals surface area contributed by atoms with E-state index >= 15 is 0 Å². The molecule has 1 amide bonds. The van der Waals surface area contributed by atoms with E-state index in [1.165, 1.54) is 4.68 Å². The topological polar surface area (TPSA) is 68.9 Å². The molecule has 0 bridgehead atoms. The highest BCUT2D eigenvalue weighted by molar-refractivity contribution is 6.30. The molecule has 2 aromatic heterocycles. The Bertz CT molecular complexity index is 1080. The second-order valence-electron chi connectivity index (χ2n) is 7.16. The van der Waals surface area contributed by atoms with Crippen LogP contribution in [0.5, 0.6) is 0 Å². The van der Waals surface area contributed by atoms with Gasteiger partial charge in [0.1, 0.15) is 6.54 Å². The Balaban J connectivity index is 1.98.